The molecule has 0 bridgehead atoms. The third kappa shape index (κ3) is 6.23. The minimum absolute atomic E-state index is 0.191. The Hall–Kier alpha value is -3.18. The minimum Gasteiger partial charge on any atom is -0.368 e. The van der Waals surface area contributed by atoms with Gasteiger partial charge in [0.05, 0.1) is 17.0 Å². The Morgan fingerprint density at radius 3 is 2.53 bits per heavy atom. The van der Waals surface area contributed by atoms with E-state index in [-0.39, 0.29) is 18.0 Å². The van der Waals surface area contributed by atoms with Gasteiger partial charge in [0.1, 0.15) is 5.84 Å². The molecule has 0 spiro atoms. The van der Waals surface area contributed by atoms with Gasteiger partial charge in [0.2, 0.25) is 15.9 Å². The van der Waals surface area contributed by atoms with E-state index in [9.17, 15) is 26.4 Å². The zero-order chi connectivity index (χ0) is 24.9. The lowest BCUT2D eigenvalue weighted by Gasteiger charge is -2.16. The number of hydrogen-bond acceptors (Lipinski definition) is 5. The van der Waals surface area contributed by atoms with Gasteiger partial charge in [-0.15, -0.1) is 0 Å². The molecule has 2 aromatic carbocycles. The average molecular weight is 495 g/mol. The average Bonchev–Trinajstić information content (AvgIpc) is 3.31. The quantitative estimate of drug-likeness (QED) is 0.553. The smallest absolute Gasteiger partial charge is 0.368 e. The van der Waals surface area contributed by atoms with Gasteiger partial charge < -0.3 is 10.2 Å². The normalized spacial score (nSPS) is 14.2. The van der Waals surface area contributed by atoms with Crippen LogP contribution in [0.15, 0.2) is 64.5 Å². The second-order valence-electron chi connectivity index (χ2n) is 7.75. The van der Waals surface area contributed by atoms with Crippen LogP contribution in [0.1, 0.15) is 22.3 Å². The molecule has 182 valence electrons. The molecule has 0 fully saturated rings. The Labute approximate surface area is 196 Å². The van der Waals surface area contributed by atoms with Gasteiger partial charge in [-0.2, -0.15) is 13.2 Å². The van der Waals surface area contributed by atoms with Crippen LogP contribution in [0.2, 0.25) is 0 Å². The van der Waals surface area contributed by atoms with E-state index in [0.717, 1.165) is 36.1 Å². The zero-order valence-electron chi connectivity index (χ0n) is 18.7. The van der Waals surface area contributed by atoms with E-state index >= 15 is 0 Å². The first-order valence-electron chi connectivity index (χ1n) is 10.4. The fourth-order valence-electron chi connectivity index (χ4n) is 3.46. The number of benzene rings is 2. The molecule has 0 saturated heterocycles. The van der Waals surface area contributed by atoms with Crippen LogP contribution in [0, 0.1) is 6.92 Å². The summed E-state index contributed by atoms with van der Waals surface area (Å²) in [6.45, 7) is 2.74. The van der Waals surface area contributed by atoms with Crippen molar-refractivity contribution in [1.82, 2.24) is 14.9 Å². The number of alkyl halides is 3. The molecule has 0 aromatic heterocycles. The van der Waals surface area contributed by atoms with Crippen LogP contribution in [0.25, 0.3) is 0 Å². The summed E-state index contributed by atoms with van der Waals surface area (Å²) in [5, 5.41) is 3.19. The first-order chi connectivity index (χ1) is 16.0. The van der Waals surface area contributed by atoms with E-state index in [1.165, 1.54) is 36.1 Å². The van der Waals surface area contributed by atoms with E-state index in [1.807, 2.05) is 24.3 Å². The predicted molar refractivity (Wildman–Crippen MR) is 123 cm³/mol. The fraction of sp³-hybridized carbons (Fsp3) is 0.304. The number of sulfonamides is 1. The first-order valence-corrected chi connectivity index (χ1v) is 11.9. The summed E-state index contributed by atoms with van der Waals surface area (Å²) in [6, 6.07) is 11.0. The summed E-state index contributed by atoms with van der Waals surface area (Å²) in [4.78, 5) is 17.3. The van der Waals surface area contributed by atoms with Crippen LogP contribution in [-0.2, 0) is 27.5 Å². The van der Waals surface area contributed by atoms with Gasteiger partial charge in [0, 0.05) is 38.3 Å². The van der Waals surface area contributed by atoms with Gasteiger partial charge in [-0.1, -0.05) is 42.5 Å². The molecule has 7 nitrogen and oxygen atoms in total. The van der Waals surface area contributed by atoms with Crippen molar-refractivity contribution in [1.29, 1.82) is 0 Å². The molecule has 2 aromatic rings. The lowest BCUT2D eigenvalue weighted by molar-refractivity contribution is -0.140. The second kappa shape index (κ2) is 10.4. The molecule has 1 amide bonds. The van der Waals surface area contributed by atoms with Crippen molar-refractivity contribution < 1.29 is 26.4 Å². The highest BCUT2D eigenvalue weighted by molar-refractivity contribution is 7.89. The van der Waals surface area contributed by atoms with Gasteiger partial charge in [0.15, 0.2) is 0 Å². The van der Waals surface area contributed by atoms with Gasteiger partial charge in [-0.05, 0) is 24.1 Å². The van der Waals surface area contributed by atoms with Crippen molar-refractivity contribution in [2.75, 3.05) is 26.7 Å². The second-order valence-corrected chi connectivity index (χ2v) is 9.48. The zero-order valence-corrected chi connectivity index (χ0v) is 19.5. The molecule has 34 heavy (non-hydrogen) atoms. The van der Waals surface area contributed by atoms with Crippen LogP contribution in [-0.4, -0.2) is 51.7 Å². The van der Waals surface area contributed by atoms with Crippen LogP contribution >= 0.6 is 0 Å². The SMILES string of the molecule is Cc1cccc(S(=O)(=O)NCC=CC(=O)N(C)Cc2ccc(C3=NCCN3)cc2)c1C(F)(F)F. The molecule has 11 heteroatoms. The summed E-state index contributed by atoms with van der Waals surface area (Å²) in [7, 11) is -2.84. The molecule has 0 unspecified atom stereocenters. The summed E-state index contributed by atoms with van der Waals surface area (Å²) in [6.07, 6.45) is -2.38. The first kappa shape index (κ1) is 25.4. The van der Waals surface area contributed by atoms with Crippen LogP contribution in [0.3, 0.4) is 0 Å². The largest absolute Gasteiger partial charge is 0.417 e. The van der Waals surface area contributed by atoms with E-state index in [2.05, 4.69) is 15.0 Å². The molecule has 0 atom stereocenters. The minimum atomic E-state index is -4.82. The summed E-state index contributed by atoms with van der Waals surface area (Å²) < 4.78 is 67.0. The highest BCUT2D eigenvalue weighted by atomic mass is 32.2. The molecule has 3 rings (SSSR count). The van der Waals surface area contributed by atoms with E-state index in [4.69, 9.17) is 0 Å². The standard InChI is InChI=1S/C23H25F3N4O3S/c1-16-5-3-6-19(21(16)23(24,25)26)34(32,33)29-12-4-7-20(31)30(2)15-17-8-10-18(11-9-17)22-27-13-14-28-22/h3-11,29H,12-15H2,1-2H3,(H,27,28). The molecule has 0 saturated carbocycles. The van der Waals surface area contributed by atoms with Crippen molar-refractivity contribution >= 4 is 21.8 Å². The number of nitrogens with zero attached hydrogens (tertiary/aromatic N) is 2. The number of hydrogen-bond donors (Lipinski definition) is 2. The number of aryl methyl sites for hydroxylation is 1. The third-order valence-electron chi connectivity index (χ3n) is 5.16. The monoisotopic (exact) mass is 494 g/mol. The summed E-state index contributed by atoms with van der Waals surface area (Å²) >= 11 is 0. The van der Waals surface area contributed by atoms with Crippen LogP contribution in [0.4, 0.5) is 13.2 Å². The lowest BCUT2D eigenvalue weighted by Crippen LogP contribution is -2.28. The summed E-state index contributed by atoms with van der Waals surface area (Å²) in [5.74, 6) is 0.464. The Morgan fingerprint density at radius 1 is 1.21 bits per heavy atom. The number of rotatable bonds is 8. The van der Waals surface area contributed by atoms with Crippen LogP contribution in [0.5, 0.6) is 0 Å². The molecule has 0 radical (unpaired) electrons. The Balaban J connectivity index is 1.57. The molecular formula is C23H25F3N4O3S. The molecule has 1 heterocycles. The molecule has 1 aliphatic heterocycles. The maximum Gasteiger partial charge on any atom is 0.417 e. The molecule has 0 aliphatic carbocycles. The van der Waals surface area contributed by atoms with Crippen molar-refractivity contribution in [3.8, 4) is 0 Å². The van der Waals surface area contributed by atoms with E-state index in [0.29, 0.717) is 6.54 Å². The Kier molecular flexibility index (Phi) is 7.78. The maximum atomic E-state index is 13.3. The summed E-state index contributed by atoms with van der Waals surface area (Å²) in [5.41, 5.74) is 0.462. The number of nitrogens with one attached hydrogen (secondary N) is 2. The fourth-order valence-corrected chi connectivity index (χ4v) is 4.74. The van der Waals surface area contributed by atoms with Crippen molar-refractivity contribution in [2.45, 2.75) is 24.5 Å². The highest BCUT2D eigenvalue weighted by Gasteiger charge is 2.38. The number of carbonyl (C=O) groups excluding carboxylic acids is 1. The van der Waals surface area contributed by atoms with E-state index in [1.54, 1.807) is 7.05 Å². The molecular weight excluding hydrogens is 469 g/mol. The molecule has 2 N–H and O–H groups in total. The highest BCUT2D eigenvalue weighted by Crippen LogP contribution is 2.36. The number of aliphatic imine (C=N–C) groups is 1. The number of likely N-dealkylation sites (N-methyl/N-ethyl adjacent to an activating group) is 1. The number of carbonyl (C=O) groups is 1. The van der Waals surface area contributed by atoms with Crippen molar-refractivity contribution in [2.24, 2.45) is 4.99 Å². The van der Waals surface area contributed by atoms with E-state index < -0.39 is 26.7 Å². The van der Waals surface area contributed by atoms with Gasteiger partial charge in [-0.25, -0.2) is 13.1 Å². The number of amidine groups is 1. The third-order valence-corrected chi connectivity index (χ3v) is 6.62. The van der Waals surface area contributed by atoms with Crippen molar-refractivity contribution in [3.05, 3.63) is 76.9 Å². The number of amides is 1. The van der Waals surface area contributed by atoms with Crippen molar-refractivity contribution in [3.63, 3.8) is 0 Å². The lowest BCUT2D eigenvalue weighted by atomic mass is 10.1. The maximum absolute atomic E-state index is 13.3. The number of halogens is 3. The Morgan fingerprint density at radius 2 is 1.91 bits per heavy atom. The van der Waals surface area contributed by atoms with Gasteiger partial charge >= 0.3 is 6.18 Å². The van der Waals surface area contributed by atoms with Crippen LogP contribution < -0.4 is 10.0 Å². The predicted octanol–water partition coefficient (Wildman–Crippen LogP) is 2.86. The Bertz CT molecular complexity index is 1210. The van der Waals surface area contributed by atoms with Gasteiger partial charge in [0.25, 0.3) is 0 Å². The topological polar surface area (TPSA) is 90.9 Å². The molecule has 1 aliphatic rings. The van der Waals surface area contributed by atoms with Gasteiger partial charge in [-0.3, -0.25) is 9.79 Å².